The van der Waals surface area contributed by atoms with E-state index in [9.17, 15) is 0 Å². The average Bonchev–Trinajstić information content (AvgIpc) is 3.10. The van der Waals surface area contributed by atoms with E-state index in [0.717, 1.165) is 38.8 Å². The lowest BCUT2D eigenvalue weighted by Gasteiger charge is -2.12. The van der Waals surface area contributed by atoms with E-state index in [1.807, 2.05) is 49.4 Å². The van der Waals surface area contributed by atoms with Gasteiger partial charge in [0.2, 0.25) is 5.88 Å². The first-order valence-corrected chi connectivity index (χ1v) is 8.44. The zero-order valence-corrected chi connectivity index (χ0v) is 14.9. The van der Waals surface area contributed by atoms with Crippen LogP contribution in [0.5, 0.6) is 11.6 Å². The Balaban J connectivity index is 1.80. The zero-order valence-electron chi connectivity index (χ0n) is 14.9. The van der Waals surface area contributed by atoms with E-state index in [2.05, 4.69) is 22.1 Å². The number of rotatable bonds is 5. The van der Waals surface area contributed by atoms with Crippen LogP contribution in [0.4, 0.5) is 0 Å². The number of nitrogens with one attached hydrogen (secondary N) is 1. The highest BCUT2D eigenvalue weighted by molar-refractivity contribution is 5.91. The minimum atomic E-state index is -0.296. The first kappa shape index (κ1) is 16.4. The van der Waals surface area contributed by atoms with Crippen LogP contribution in [0, 0.1) is 0 Å². The molecule has 5 nitrogen and oxygen atoms in total. The van der Waals surface area contributed by atoms with Crippen LogP contribution in [0.3, 0.4) is 0 Å². The maximum atomic E-state index is 5.72. The molecule has 0 aliphatic rings. The summed E-state index contributed by atoms with van der Waals surface area (Å²) in [5.41, 5.74) is 3.81. The minimum Gasteiger partial charge on any atom is -0.480 e. The second kappa shape index (κ2) is 6.69. The molecule has 1 N–H and O–H groups in total. The van der Waals surface area contributed by atoms with Gasteiger partial charge in [-0.1, -0.05) is 18.2 Å². The third kappa shape index (κ3) is 2.97. The number of aromatic nitrogens is 2. The molecule has 4 rings (SSSR count). The van der Waals surface area contributed by atoms with Crippen molar-refractivity contribution in [1.82, 2.24) is 9.97 Å². The summed E-state index contributed by atoms with van der Waals surface area (Å²) in [5.74, 6) is 1.36. The van der Waals surface area contributed by atoms with Crippen LogP contribution in [0.15, 0.2) is 54.6 Å². The topological polar surface area (TPSA) is 56.4 Å². The van der Waals surface area contributed by atoms with Gasteiger partial charge in [0, 0.05) is 23.4 Å². The number of methoxy groups -OCH3 is 2. The first-order chi connectivity index (χ1) is 12.7. The molecule has 0 aliphatic heterocycles. The summed E-state index contributed by atoms with van der Waals surface area (Å²) in [7, 11) is 3.26. The van der Waals surface area contributed by atoms with Crippen LogP contribution in [0.25, 0.3) is 33.1 Å². The lowest BCUT2D eigenvalue weighted by atomic mass is 10.1. The molecular formula is C21H20N2O3. The molecule has 2 aromatic carbocycles. The summed E-state index contributed by atoms with van der Waals surface area (Å²) in [6.07, 6.45) is -0.296. The van der Waals surface area contributed by atoms with Gasteiger partial charge in [0.25, 0.3) is 0 Å². The van der Waals surface area contributed by atoms with Crippen LogP contribution in [-0.4, -0.2) is 30.5 Å². The van der Waals surface area contributed by atoms with E-state index in [4.69, 9.17) is 14.2 Å². The molecule has 0 bridgehead atoms. The Morgan fingerprint density at radius 3 is 2.62 bits per heavy atom. The summed E-state index contributed by atoms with van der Waals surface area (Å²) in [6.45, 7) is 1.86. The highest BCUT2D eigenvalue weighted by Gasteiger charge is 2.13. The Hall–Kier alpha value is -3.05. The molecule has 1 unspecified atom stereocenters. The number of hydrogen-bond donors (Lipinski definition) is 1. The van der Waals surface area contributed by atoms with E-state index >= 15 is 0 Å². The molecule has 26 heavy (non-hydrogen) atoms. The SMILES string of the molecule is COc1nc2ccccc2cc1-c1cc2cc(OC(C)OC)ccc2[nH]1. The van der Waals surface area contributed by atoms with Gasteiger partial charge in [-0.15, -0.1) is 0 Å². The predicted molar refractivity (Wildman–Crippen MR) is 103 cm³/mol. The molecule has 1 atom stereocenters. The third-order valence-corrected chi connectivity index (χ3v) is 4.40. The van der Waals surface area contributed by atoms with E-state index in [1.165, 1.54) is 0 Å². The monoisotopic (exact) mass is 348 g/mol. The number of fused-ring (bicyclic) bond motifs is 2. The molecule has 2 heterocycles. The van der Waals surface area contributed by atoms with E-state index < -0.39 is 0 Å². The fourth-order valence-electron chi connectivity index (χ4n) is 3.02. The summed E-state index contributed by atoms with van der Waals surface area (Å²) in [4.78, 5) is 8.06. The molecule has 132 valence electrons. The maximum absolute atomic E-state index is 5.72. The Labute approximate surface area is 151 Å². The highest BCUT2D eigenvalue weighted by Crippen LogP contribution is 2.34. The van der Waals surface area contributed by atoms with Gasteiger partial charge in [0.1, 0.15) is 5.75 Å². The third-order valence-electron chi connectivity index (χ3n) is 4.40. The van der Waals surface area contributed by atoms with Crippen molar-refractivity contribution in [1.29, 1.82) is 0 Å². The molecule has 2 aromatic heterocycles. The highest BCUT2D eigenvalue weighted by atomic mass is 16.7. The molecule has 0 fully saturated rings. The molecule has 0 saturated heterocycles. The Bertz CT molecular complexity index is 1070. The molecule has 0 amide bonds. The largest absolute Gasteiger partial charge is 0.480 e. The van der Waals surface area contributed by atoms with Crippen molar-refractivity contribution >= 4 is 21.8 Å². The number of benzene rings is 2. The van der Waals surface area contributed by atoms with Gasteiger partial charge in [-0.2, -0.15) is 0 Å². The van der Waals surface area contributed by atoms with Crippen LogP contribution in [-0.2, 0) is 4.74 Å². The van der Waals surface area contributed by atoms with Gasteiger partial charge in [-0.05, 0) is 43.3 Å². The van der Waals surface area contributed by atoms with Gasteiger partial charge < -0.3 is 19.2 Å². The van der Waals surface area contributed by atoms with Crippen molar-refractivity contribution in [2.45, 2.75) is 13.2 Å². The van der Waals surface area contributed by atoms with Crippen molar-refractivity contribution in [2.24, 2.45) is 0 Å². The average molecular weight is 348 g/mol. The Kier molecular flexibility index (Phi) is 4.22. The zero-order chi connectivity index (χ0) is 18.1. The van der Waals surface area contributed by atoms with Gasteiger partial charge >= 0.3 is 0 Å². The number of hydrogen-bond acceptors (Lipinski definition) is 4. The van der Waals surface area contributed by atoms with Gasteiger partial charge in [0.15, 0.2) is 6.29 Å². The van der Waals surface area contributed by atoms with Crippen LogP contribution in [0.1, 0.15) is 6.92 Å². The second-order valence-electron chi connectivity index (χ2n) is 6.09. The van der Waals surface area contributed by atoms with Crippen LogP contribution in [0.2, 0.25) is 0 Å². The first-order valence-electron chi connectivity index (χ1n) is 8.44. The fourth-order valence-corrected chi connectivity index (χ4v) is 3.02. The quantitative estimate of drug-likeness (QED) is 0.528. The summed E-state index contributed by atoms with van der Waals surface area (Å²) >= 11 is 0. The van der Waals surface area contributed by atoms with Crippen molar-refractivity contribution in [2.75, 3.05) is 14.2 Å². The van der Waals surface area contributed by atoms with Crippen molar-refractivity contribution in [3.8, 4) is 22.9 Å². The summed E-state index contributed by atoms with van der Waals surface area (Å²) in [6, 6.07) is 18.1. The Morgan fingerprint density at radius 2 is 1.81 bits per heavy atom. The van der Waals surface area contributed by atoms with Crippen LogP contribution < -0.4 is 9.47 Å². The smallest absolute Gasteiger partial charge is 0.223 e. The van der Waals surface area contributed by atoms with Crippen molar-refractivity contribution in [3.05, 3.63) is 54.6 Å². The normalized spacial score (nSPS) is 12.4. The number of ether oxygens (including phenoxy) is 3. The van der Waals surface area contributed by atoms with Gasteiger partial charge in [-0.3, -0.25) is 0 Å². The molecule has 0 saturated carbocycles. The number of para-hydroxylation sites is 1. The summed E-state index contributed by atoms with van der Waals surface area (Å²) in [5, 5.41) is 2.12. The van der Waals surface area contributed by atoms with E-state index in [1.54, 1.807) is 14.2 Å². The molecule has 5 heteroatoms. The number of H-pyrrole nitrogens is 1. The molecular weight excluding hydrogens is 328 g/mol. The van der Waals surface area contributed by atoms with Crippen molar-refractivity contribution < 1.29 is 14.2 Å². The number of aromatic amines is 1. The number of nitrogens with zero attached hydrogens (tertiary/aromatic N) is 1. The molecule has 0 aliphatic carbocycles. The van der Waals surface area contributed by atoms with Crippen LogP contribution >= 0.6 is 0 Å². The maximum Gasteiger partial charge on any atom is 0.223 e. The van der Waals surface area contributed by atoms with E-state index in [-0.39, 0.29) is 6.29 Å². The standard InChI is InChI=1S/C21H20N2O3/c1-13(24-2)26-16-8-9-19-15(10-16)12-20(22-19)17-11-14-6-4-5-7-18(14)23-21(17)25-3/h4-13,22H,1-3H3. The fraction of sp³-hybridized carbons (Fsp3) is 0.190. The summed E-state index contributed by atoms with van der Waals surface area (Å²) < 4.78 is 16.4. The van der Waals surface area contributed by atoms with E-state index in [0.29, 0.717) is 5.88 Å². The molecule has 0 radical (unpaired) electrons. The van der Waals surface area contributed by atoms with Gasteiger partial charge in [-0.25, -0.2) is 4.98 Å². The molecule has 4 aromatic rings. The lowest BCUT2D eigenvalue weighted by Crippen LogP contribution is -2.13. The lowest BCUT2D eigenvalue weighted by molar-refractivity contribution is -0.0381. The number of pyridine rings is 1. The minimum absolute atomic E-state index is 0.296. The van der Waals surface area contributed by atoms with Crippen molar-refractivity contribution in [3.63, 3.8) is 0 Å². The molecule has 0 spiro atoms. The Morgan fingerprint density at radius 1 is 0.962 bits per heavy atom. The second-order valence-corrected chi connectivity index (χ2v) is 6.09. The predicted octanol–water partition coefficient (Wildman–Crippen LogP) is 4.76. The van der Waals surface area contributed by atoms with Gasteiger partial charge in [0.05, 0.1) is 23.9 Å².